The Balaban J connectivity index is 1.56. The summed E-state index contributed by atoms with van der Waals surface area (Å²) in [7, 11) is 2.25. The summed E-state index contributed by atoms with van der Waals surface area (Å²) in [6.45, 7) is 3.14. The van der Waals surface area contributed by atoms with E-state index in [0.717, 1.165) is 25.3 Å². The zero-order chi connectivity index (χ0) is 13.8. The molecule has 2 heterocycles. The largest absolute Gasteiger partial charge is 0.491 e. The maximum atomic E-state index is 6.07. The predicted molar refractivity (Wildman–Crippen MR) is 83.6 cm³/mol. The Hall–Kier alpha value is -1.22. The van der Waals surface area contributed by atoms with Gasteiger partial charge in [-0.3, -0.25) is 0 Å². The Morgan fingerprint density at radius 2 is 2.25 bits per heavy atom. The van der Waals surface area contributed by atoms with Gasteiger partial charge in [0.1, 0.15) is 5.75 Å². The fourth-order valence-corrected chi connectivity index (χ4v) is 3.41. The Bertz CT molecular complexity index is 447. The molecule has 1 N–H and O–H groups in total. The van der Waals surface area contributed by atoms with Gasteiger partial charge in [0.05, 0.1) is 12.3 Å². The first-order chi connectivity index (χ1) is 9.84. The van der Waals surface area contributed by atoms with Crippen LogP contribution in [-0.2, 0) is 6.42 Å². The molecular weight excluding hydrogens is 248 g/mol. The van der Waals surface area contributed by atoms with Crippen molar-refractivity contribution < 1.29 is 4.74 Å². The van der Waals surface area contributed by atoms with Crippen LogP contribution in [0.1, 0.15) is 37.7 Å². The maximum Gasteiger partial charge on any atom is 0.142 e. The number of nitrogens with zero attached hydrogens (tertiary/aromatic N) is 1. The van der Waals surface area contributed by atoms with Crippen LogP contribution in [0.2, 0.25) is 0 Å². The van der Waals surface area contributed by atoms with Gasteiger partial charge in [0.25, 0.3) is 0 Å². The number of anilines is 1. The van der Waals surface area contributed by atoms with E-state index in [2.05, 4.69) is 35.5 Å². The molecule has 1 fully saturated rings. The first-order valence-corrected chi connectivity index (χ1v) is 8.03. The summed E-state index contributed by atoms with van der Waals surface area (Å²) in [5.41, 5.74) is 2.64. The Kier molecular flexibility index (Phi) is 4.46. The van der Waals surface area contributed by atoms with Crippen LogP contribution in [0.25, 0.3) is 0 Å². The second kappa shape index (κ2) is 6.49. The number of likely N-dealkylation sites (tertiary alicyclic amines) is 1. The van der Waals surface area contributed by atoms with Crippen molar-refractivity contribution in [1.29, 1.82) is 0 Å². The van der Waals surface area contributed by atoms with Crippen molar-refractivity contribution in [3.63, 3.8) is 0 Å². The van der Waals surface area contributed by atoms with E-state index in [1.165, 1.54) is 49.9 Å². The number of para-hydroxylation sites is 1. The van der Waals surface area contributed by atoms with Crippen LogP contribution >= 0.6 is 0 Å². The Labute approximate surface area is 122 Å². The lowest BCUT2D eigenvalue weighted by molar-refractivity contribution is 0.153. The number of nitrogens with one attached hydrogen (secondary N) is 1. The summed E-state index contributed by atoms with van der Waals surface area (Å²) >= 11 is 0. The number of ether oxygens (including phenoxy) is 1. The molecule has 0 aliphatic carbocycles. The van der Waals surface area contributed by atoms with Crippen molar-refractivity contribution >= 4 is 5.69 Å². The summed E-state index contributed by atoms with van der Waals surface area (Å²) < 4.78 is 6.07. The minimum absolute atomic E-state index is 0.705. The minimum Gasteiger partial charge on any atom is -0.491 e. The van der Waals surface area contributed by atoms with Crippen LogP contribution in [0.15, 0.2) is 18.2 Å². The molecule has 0 aromatic heterocycles. The molecule has 3 heteroatoms. The lowest BCUT2D eigenvalue weighted by Gasteiger charge is -2.32. The maximum absolute atomic E-state index is 6.07. The third-order valence-electron chi connectivity index (χ3n) is 4.67. The van der Waals surface area contributed by atoms with Gasteiger partial charge in [0.15, 0.2) is 0 Å². The predicted octanol–water partition coefficient (Wildman–Crippen LogP) is 3.30. The highest BCUT2D eigenvalue weighted by Gasteiger charge is 2.19. The molecule has 1 aromatic carbocycles. The van der Waals surface area contributed by atoms with Gasteiger partial charge in [-0.25, -0.2) is 0 Å². The van der Waals surface area contributed by atoms with Crippen molar-refractivity contribution in [3.05, 3.63) is 23.8 Å². The van der Waals surface area contributed by atoms with E-state index >= 15 is 0 Å². The number of fused-ring (bicyclic) bond motifs is 1. The normalized spacial score (nSPS) is 22.9. The fourth-order valence-electron chi connectivity index (χ4n) is 3.41. The third kappa shape index (κ3) is 3.09. The van der Waals surface area contributed by atoms with E-state index in [1.807, 2.05) is 0 Å². The van der Waals surface area contributed by atoms with Crippen LogP contribution in [0, 0.1) is 0 Å². The van der Waals surface area contributed by atoms with E-state index in [1.54, 1.807) is 0 Å². The number of piperidine rings is 1. The molecule has 0 radical (unpaired) electrons. The van der Waals surface area contributed by atoms with Gasteiger partial charge in [0, 0.05) is 12.6 Å². The minimum atomic E-state index is 0.705. The van der Waals surface area contributed by atoms with Crippen molar-refractivity contribution in [2.24, 2.45) is 0 Å². The van der Waals surface area contributed by atoms with Gasteiger partial charge in [0.2, 0.25) is 0 Å². The number of rotatable bonds is 4. The zero-order valence-corrected chi connectivity index (χ0v) is 12.5. The molecule has 20 heavy (non-hydrogen) atoms. The number of hydrogen-bond donors (Lipinski definition) is 1. The molecule has 3 rings (SSSR count). The number of aryl methyl sites for hydroxylation is 1. The molecule has 2 aliphatic rings. The molecule has 2 aliphatic heterocycles. The van der Waals surface area contributed by atoms with Crippen LogP contribution in [0.4, 0.5) is 5.69 Å². The molecule has 0 spiro atoms. The van der Waals surface area contributed by atoms with Gasteiger partial charge >= 0.3 is 0 Å². The molecule has 3 nitrogen and oxygen atoms in total. The summed E-state index contributed by atoms with van der Waals surface area (Å²) in [4.78, 5) is 2.49. The molecule has 0 bridgehead atoms. The van der Waals surface area contributed by atoms with Gasteiger partial charge < -0.3 is 15.0 Å². The topological polar surface area (TPSA) is 24.5 Å². The van der Waals surface area contributed by atoms with Crippen LogP contribution in [0.5, 0.6) is 5.75 Å². The SMILES string of the molecule is CN1CCCCC1CCOc1cccc2c1NCCC2. The molecule has 0 amide bonds. The molecule has 1 saturated heterocycles. The monoisotopic (exact) mass is 274 g/mol. The first kappa shape index (κ1) is 13.7. The van der Waals surface area contributed by atoms with E-state index in [9.17, 15) is 0 Å². The number of hydrogen-bond acceptors (Lipinski definition) is 3. The molecule has 1 aromatic rings. The summed E-state index contributed by atoms with van der Waals surface area (Å²) in [5, 5.41) is 3.49. The van der Waals surface area contributed by atoms with E-state index in [0.29, 0.717) is 6.04 Å². The van der Waals surface area contributed by atoms with Crippen molar-refractivity contribution in [1.82, 2.24) is 4.90 Å². The fraction of sp³-hybridized carbons (Fsp3) is 0.647. The highest BCUT2D eigenvalue weighted by atomic mass is 16.5. The average molecular weight is 274 g/mol. The number of benzene rings is 1. The highest BCUT2D eigenvalue weighted by Crippen LogP contribution is 2.32. The Morgan fingerprint density at radius 3 is 3.15 bits per heavy atom. The quantitative estimate of drug-likeness (QED) is 0.911. The van der Waals surface area contributed by atoms with Gasteiger partial charge in [-0.2, -0.15) is 0 Å². The molecule has 0 saturated carbocycles. The third-order valence-corrected chi connectivity index (χ3v) is 4.67. The highest BCUT2D eigenvalue weighted by molar-refractivity contribution is 5.63. The lowest BCUT2D eigenvalue weighted by atomic mass is 10.0. The smallest absolute Gasteiger partial charge is 0.142 e. The van der Waals surface area contributed by atoms with E-state index in [-0.39, 0.29) is 0 Å². The van der Waals surface area contributed by atoms with Crippen molar-refractivity contribution in [2.45, 2.75) is 44.6 Å². The van der Waals surface area contributed by atoms with Gasteiger partial charge in [-0.05, 0) is 57.3 Å². The molecule has 1 unspecified atom stereocenters. The lowest BCUT2D eigenvalue weighted by Crippen LogP contribution is -2.37. The second-order valence-electron chi connectivity index (χ2n) is 6.09. The van der Waals surface area contributed by atoms with Crippen LogP contribution < -0.4 is 10.1 Å². The van der Waals surface area contributed by atoms with Gasteiger partial charge in [-0.1, -0.05) is 18.6 Å². The summed E-state index contributed by atoms with van der Waals surface area (Å²) in [6.07, 6.45) is 7.58. The average Bonchev–Trinajstić information content (AvgIpc) is 2.49. The second-order valence-corrected chi connectivity index (χ2v) is 6.09. The van der Waals surface area contributed by atoms with Gasteiger partial charge in [-0.15, -0.1) is 0 Å². The van der Waals surface area contributed by atoms with E-state index < -0.39 is 0 Å². The van der Waals surface area contributed by atoms with Crippen molar-refractivity contribution in [2.75, 3.05) is 32.1 Å². The molecule has 110 valence electrons. The van der Waals surface area contributed by atoms with Crippen LogP contribution in [0.3, 0.4) is 0 Å². The standard InChI is InChI=1S/C17H26N2O/c1-19-12-3-2-8-15(19)10-13-20-16-9-4-6-14-7-5-11-18-17(14)16/h4,6,9,15,18H,2-3,5,7-8,10-13H2,1H3. The zero-order valence-electron chi connectivity index (χ0n) is 12.5. The van der Waals surface area contributed by atoms with E-state index in [4.69, 9.17) is 4.74 Å². The molecule has 1 atom stereocenters. The Morgan fingerprint density at radius 1 is 1.30 bits per heavy atom. The molecular formula is C17H26N2O. The van der Waals surface area contributed by atoms with Crippen molar-refractivity contribution in [3.8, 4) is 5.75 Å². The summed E-state index contributed by atoms with van der Waals surface area (Å²) in [5.74, 6) is 1.04. The summed E-state index contributed by atoms with van der Waals surface area (Å²) in [6, 6.07) is 7.13. The van der Waals surface area contributed by atoms with Crippen LogP contribution in [-0.4, -0.2) is 37.7 Å². The first-order valence-electron chi connectivity index (χ1n) is 8.03.